The third-order valence-corrected chi connectivity index (χ3v) is 18.0. The van der Waals surface area contributed by atoms with E-state index in [1.807, 2.05) is 6.08 Å². The molecule has 6 fully saturated rings. The first-order valence-corrected chi connectivity index (χ1v) is 34.1. The monoisotopic (exact) mass is 982 g/mol. The van der Waals surface area contributed by atoms with Crippen molar-refractivity contribution in [3.63, 3.8) is 0 Å². The van der Waals surface area contributed by atoms with Crippen molar-refractivity contribution in [2.75, 3.05) is 6.16 Å². The predicted octanol–water partition coefficient (Wildman–Crippen LogP) is 9.81. The standard InChI is InChI=1S/C42H70O10P8/c1-21(12-13-58-53)14-34-25(5)31-18-27(44)17-30-9-11-33-38(47-30)42(52-60(56)57)41-40(49-33)39(51-59(54)55)37(50-41)19-26(43)6-7-28-16-23(3)32(45-28)10-8-29-15-22(2)24(4)35(46-29)20-36(31)48-34/h6-7,21-22,25,28-42,58H,3-4,8-20,53-57H2,1-2,5H3/b7-6+/t21-,22-,25-,28+,29+,30?,31?,32?,33+,34-,35-,36?,37-,38+,39+,40+,41?,42+/m1/s1. The fraction of sp³-hybridized carbons (Fsp3) is 0.810. The molecule has 7 rings (SSSR count). The maximum absolute atomic E-state index is 14.3. The van der Waals surface area contributed by atoms with Crippen molar-refractivity contribution < 1.29 is 47.1 Å². The van der Waals surface area contributed by atoms with E-state index in [-0.39, 0.29) is 78.7 Å². The molecular weight excluding hydrogens is 912 g/mol. The molecule has 10 nitrogen and oxygen atoms in total. The number of hydrogen-bond donors (Lipinski definition) is 0. The summed E-state index contributed by atoms with van der Waals surface area (Å²) >= 11 is 0. The molecule has 0 N–H and O–H groups in total. The fourth-order valence-corrected chi connectivity index (χ4v) is 14.8. The van der Waals surface area contributed by atoms with E-state index in [1.165, 1.54) is 12.6 Å². The van der Waals surface area contributed by atoms with E-state index in [9.17, 15) is 9.59 Å². The lowest BCUT2D eigenvalue weighted by atomic mass is 9.78. The lowest BCUT2D eigenvalue weighted by molar-refractivity contribution is -0.251. The fourth-order valence-electron chi connectivity index (χ4n) is 10.9. The van der Waals surface area contributed by atoms with Crippen LogP contribution in [0.5, 0.6) is 0 Å². The van der Waals surface area contributed by atoms with Crippen LogP contribution in [-0.4, -0.2) is 103 Å². The average Bonchev–Trinajstić information content (AvgIpc) is 3.81. The highest BCUT2D eigenvalue weighted by Crippen LogP contribution is 2.60. The number of ether oxygens (including phenoxy) is 6. The van der Waals surface area contributed by atoms with E-state index in [2.05, 4.69) is 78.6 Å². The number of Topliss-reactive ketones (excluding diaryl/α,β-unsaturated/α-hetero) is 1. The summed E-state index contributed by atoms with van der Waals surface area (Å²) in [5.41, 5.74) is 2.17. The molecule has 0 saturated carbocycles. The molecule has 0 radical (unpaired) electrons. The normalized spacial score (nSPS) is 44.2. The zero-order valence-electron chi connectivity index (χ0n) is 35.5. The molecule has 8 bridgehead atoms. The van der Waals surface area contributed by atoms with Crippen LogP contribution in [0, 0.1) is 23.7 Å². The topological polar surface area (TPSA) is 108 Å². The van der Waals surface area contributed by atoms with Crippen molar-refractivity contribution in [2.24, 2.45) is 23.7 Å². The van der Waals surface area contributed by atoms with Crippen molar-refractivity contribution in [1.82, 2.24) is 0 Å². The molecule has 60 heavy (non-hydrogen) atoms. The second-order valence-corrected chi connectivity index (χ2v) is 32.2. The minimum absolute atomic E-state index is 0.0583. The highest BCUT2D eigenvalue weighted by Gasteiger charge is 2.59. The molecule has 0 amide bonds. The lowest BCUT2D eigenvalue weighted by Crippen LogP contribution is -2.61. The van der Waals surface area contributed by atoms with Gasteiger partial charge in [-0.2, -0.15) is 0 Å². The Kier molecular flexibility index (Phi) is 18.7. The Bertz CT molecular complexity index is 1560. The number of ketones is 2. The highest BCUT2D eigenvalue weighted by atomic mass is 32.4. The van der Waals surface area contributed by atoms with Gasteiger partial charge in [0.15, 0.2) is 5.78 Å². The molecule has 24 atom stereocenters. The van der Waals surface area contributed by atoms with E-state index >= 15 is 0 Å². The van der Waals surface area contributed by atoms with Gasteiger partial charge in [0.25, 0.3) is 0 Å². The molecule has 0 aromatic heterocycles. The summed E-state index contributed by atoms with van der Waals surface area (Å²) < 4.78 is 54.0. The SMILES string of the molecule is C=C1C[C@@H]2/C=C/C(=O)C[C@H]3OC4[C@@H](O[C@H]5CCC(CC(=O)CC6C(C[C@H]7O[C@@H](CCC1O2)C[C@@H](C)C7=C)O[C@H](C[C@H](C)CCPP)[C@@H]6C)O[C@@H]5[C@@H]4OP(P)P)[C@H]3OP(P)P. The Labute approximate surface area is 374 Å². The number of fused-ring (bicyclic) bond motifs is 7. The largest absolute Gasteiger partial charge is 0.374 e. The van der Waals surface area contributed by atoms with Crippen LogP contribution in [0.1, 0.15) is 97.8 Å². The molecule has 18 heteroatoms. The Balaban J connectivity index is 1.15. The molecule has 338 valence electrons. The third-order valence-electron chi connectivity index (χ3n) is 14.1. The van der Waals surface area contributed by atoms with Gasteiger partial charge in [-0.05, 0) is 92.0 Å². The van der Waals surface area contributed by atoms with Crippen LogP contribution in [0.25, 0.3) is 0 Å². The Morgan fingerprint density at radius 3 is 2.25 bits per heavy atom. The smallest absolute Gasteiger partial charge is 0.158 e. The summed E-state index contributed by atoms with van der Waals surface area (Å²) in [4.78, 5) is 27.9. The molecule has 0 aromatic rings. The quantitative estimate of drug-likeness (QED) is 0.164. The van der Waals surface area contributed by atoms with Gasteiger partial charge in [0, 0.05) is 32.1 Å². The minimum Gasteiger partial charge on any atom is -0.374 e. The van der Waals surface area contributed by atoms with Gasteiger partial charge in [-0.1, -0.05) is 75.7 Å². The zero-order chi connectivity index (χ0) is 42.8. The van der Waals surface area contributed by atoms with Gasteiger partial charge in [0.1, 0.15) is 36.3 Å². The van der Waals surface area contributed by atoms with E-state index in [0.717, 1.165) is 51.5 Å². The number of carbonyl (C=O) groups is 2. The summed E-state index contributed by atoms with van der Waals surface area (Å²) in [5.74, 6) is 1.31. The van der Waals surface area contributed by atoms with E-state index in [0.29, 0.717) is 43.9 Å². The first-order valence-electron chi connectivity index (χ1n) is 22.0. The molecule has 7 heterocycles. The zero-order valence-corrected chi connectivity index (χ0v) is 44.1. The average molecular weight is 983 g/mol. The summed E-state index contributed by atoms with van der Waals surface area (Å²) in [6.07, 6.45) is 9.39. The van der Waals surface area contributed by atoms with Crippen LogP contribution in [-0.2, 0) is 47.1 Å². The third kappa shape index (κ3) is 12.4. The molecular formula is C42H70O10P8. The molecule has 6 saturated heterocycles. The molecule has 0 spiro atoms. The van der Waals surface area contributed by atoms with Gasteiger partial charge >= 0.3 is 0 Å². The Morgan fingerprint density at radius 1 is 0.783 bits per heavy atom. The van der Waals surface area contributed by atoms with Gasteiger partial charge in [0.05, 0.1) is 70.0 Å². The first kappa shape index (κ1) is 49.6. The molecule has 7 aliphatic heterocycles. The number of carbonyl (C=O) groups excluding carboxylic acids is 2. The Morgan fingerprint density at radius 2 is 1.50 bits per heavy atom. The second-order valence-electron chi connectivity index (χ2n) is 18.5. The predicted molar refractivity (Wildman–Crippen MR) is 261 cm³/mol. The molecule has 0 aliphatic carbocycles. The van der Waals surface area contributed by atoms with Crippen LogP contribution in [0.2, 0.25) is 0 Å². The van der Waals surface area contributed by atoms with Crippen LogP contribution in [0.3, 0.4) is 0 Å². The molecule has 0 aromatic carbocycles. The van der Waals surface area contributed by atoms with Gasteiger partial charge in [0.2, 0.25) is 0 Å². The van der Waals surface area contributed by atoms with Crippen LogP contribution >= 0.6 is 68.0 Å². The van der Waals surface area contributed by atoms with E-state index in [4.69, 9.17) is 37.5 Å². The summed E-state index contributed by atoms with van der Waals surface area (Å²) in [6.45, 7) is 15.8. The second kappa shape index (κ2) is 22.7. The van der Waals surface area contributed by atoms with Crippen molar-refractivity contribution in [3.05, 3.63) is 36.5 Å². The number of allylic oxidation sites excluding steroid dienone is 1. The summed E-state index contributed by atoms with van der Waals surface area (Å²) in [6, 6.07) is 0. The number of rotatable bonds is 9. The summed E-state index contributed by atoms with van der Waals surface area (Å²) in [7, 11) is 12.8. The van der Waals surface area contributed by atoms with Crippen molar-refractivity contribution in [2.45, 2.75) is 183 Å². The van der Waals surface area contributed by atoms with Gasteiger partial charge in [-0.3, -0.25) is 9.59 Å². The highest BCUT2D eigenvalue weighted by molar-refractivity contribution is 8.41. The van der Waals surface area contributed by atoms with E-state index in [1.54, 1.807) is 6.08 Å². The summed E-state index contributed by atoms with van der Waals surface area (Å²) in [5, 5.41) is 0. The van der Waals surface area contributed by atoms with Gasteiger partial charge in [-0.15, -0.1) is 17.2 Å². The molecule has 11 unspecified atom stereocenters. The van der Waals surface area contributed by atoms with Crippen LogP contribution < -0.4 is 0 Å². The molecule has 7 aliphatic rings. The van der Waals surface area contributed by atoms with Crippen molar-refractivity contribution >= 4 is 79.5 Å². The van der Waals surface area contributed by atoms with E-state index < -0.39 is 51.7 Å². The number of hydrogen-bond acceptors (Lipinski definition) is 10. The van der Waals surface area contributed by atoms with Gasteiger partial charge in [-0.25, -0.2) is 0 Å². The minimum atomic E-state index is -0.962. The lowest BCUT2D eigenvalue weighted by Gasteiger charge is -2.48. The van der Waals surface area contributed by atoms with Crippen LogP contribution in [0.4, 0.5) is 0 Å². The van der Waals surface area contributed by atoms with Crippen molar-refractivity contribution in [3.8, 4) is 0 Å². The first-order chi connectivity index (χ1) is 28.7. The van der Waals surface area contributed by atoms with Crippen LogP contribution in [0.15, 0.2) is 36.5 Å². The maximum atomic E-state index is 14.3. The maximum Gasteiger partial charge on any atom is 0.158 e. The van der Waals surface area contributed by atoms with Crippen molar-refractivity contribution in [1.29, 1.82) is 0 Å². The van der Waals surface area contributed by atoms with Gasteiger partial charge < -0.3 is 37.5 Å². The Hall–Kier alpha value is 1.68.